The second-order valence-corrected chi connectivity index (χ2v) is 5.35. The van der Waals surface area contributed by atoms with Gasteiger partial charge in [0.05, 0.1) is 18.4 Å². The summed E-state index contributed by atoms with van der Waals surface area (Å²) in [6.45, 7) is 6.49. The van der Waals surface area contributed by atoms with Gasteiger partial charge in [-0.15, -0.1) is 0 Å². The van der Waals surface area contributed by atoms with Crippen molar-refractivity contribution in [1.82, 2.24) is 0 Å². The summed E-state index contributed by atoms with van der Waals surface area (Å²) in [7, 11) is 0. The third-order valence-electron chi connectivity index (χ3n) is 3.74. The minimum absolute atomic E-state index is 0.258. The molecule has 0 spiro atoms. The van der Waals surface area contributed by atoms with Crippen molar-refractivity contribution >= 4 is 11.4 Å². The van der Waals surface area contributed by atoms with Gasteiger partial charge in [-0.25, -0.2) is 0 Å². The smallest absolute Gasteiger partial charge is 0.144 e. The van der Waals surface area contributed by atoms with Crippen molar-refractivity contribution in [3.8, 4) is 5.75 Å². The molecule has 1 aliphatic heterocycles. The van der Waals surface area contributed by atoms with Crippen LogP contribution >= 0.6 is 0 Å². The van der Waals surface area contributed by atoms with E-state index in [4.69, 9.17) is 10.5 Å². The molecule has 4 nitrogen and oxygen atoms in total. The summed E-state index contributed by atoms with van der Waals surface area (Å²) in [4.78, 5) is 2.20. The predicted octanol–water partition coefficient (Wildman–Crippen LogP) is 2.26. The maximum Gasteiger partial charge on any atom is 0.144 e. The van der Waals surface area contributed by atoms with Crippen molar-refractivity contribution in [1.29, 1.82) is 0 Å². The lowest BCUT2D eigenvalue weighted by Gasteiger charge is -2.36. The highest BCUT2D eigenvalue weighted by Crippen LogP contribution is 2.30. The third-order valence-corrected chi connectivity index (χ3v) is 3.74. The van der Waals surface area contributed by atoms with Crippen molar-refractivity contribution in [2.75, 3.05) is 30.3 Å². The van der Waals surface area contributed by atoms with Gasteiger partial charge in [-0.2, -0.15) is 0 Å². The molecule has 3 N–H and O–H groups in total. The first-order chi connectivity index (χ1) is 9.11. The molecule has 4 heteroatoms. The number of rotatable bonds is 4. The number of anilines is 2. The number of piperidine rings is 1. The average molecular weight is 264 g/mol. The van der Waals surface area contributed by atoms with E-state index in [0.717, 1.165) is 30.8 Å². The van der Waals surface area contributed by atoms with Crippen molar-refractivity contribution < 1.29 is 9.84 Å². The van der Waals surface area contributed by atoms with Gasteiger partial charge in [0.15, 0.2) is 0 Å². The molecule has 0 radical (unpaired) electrons. The van der Waals surface area contributed by atoms with Crippen molar-refractivity contribution in [3.63, 3.8) is 0 Å². The molecule has 19 heavy (non-hydrogen) atoms. The minimum atomic E-state index is -0.258. The van der Waals surface area contributed by atoms with E-state index in [2.05, 4.69) is 18.7 Å². The van der Waals surface area contributed by atoms with Crippen molar-refractivity contribution in [2.24, 2.45) is 5.92 Å². The molecular weight excluding hydrogens is 240 g/mol. The van der Waals surface area contributed by atoms with Gasteiger partial charge in [0, 0.05) is 24.8 Å². The van der Waals surface area contributed by atoms with Crippen LogP contribution in [0, 0.1) is 5.92 Å². The van der Waals surface area contributed by atoms with E-state index in [1.54, 1.807) is 0 Å². The molecule has 2 unspecified atom stereocenters. The Balaban J connectivity index is 2.11. The fourth-order valence-electron chi connectivity index (χ4n) is 2.34. The number of nitrogens with zero attached hydrogens (tertiary/aromatic N) is 1. The summed E-state index contributed by atoms with van der Waals surface area (Å²) in [5, 5.41) is 9.98. The molecule has 0 amide bonds. The first-order valence-electron chi connectivity index (χ1n) is 7.07. The normalized spacial score (nSPS) is 23.4. The Morgan fingerprint density at radius 3 is 2.95 bits per heavy atom. The van der Waals surface area contributed by atoms with E-state index < -0.39 is 0 Å². The highest BCUT2D eigenvalue weighted by Gasteiger charge is 2.24. The van der Waals surface area contributed by atoms with Crippen LogP contribution in [0.2, 0.25) is 0 Å². The molecule has 1 aliphatic rings. The zero-order valence-electron chi connectivity index (χ0n) is 11.8. The molecular formula is C15H24N2O2. The largest absolute Gasteiger partial charge is 0.491 e. The van der Waals surface area contributed by atoms with Gasteiger partial charge in [-0.1, -0.05) is 13.8 Å². The lowest BCUT2D eigenvalue weighted by Crippen LogP contribution is -2.42. The molecule has 1 aromatic carbocycles. The van der Waals surface area contributed by atoms with Crippen molar-refractivity contribution in [3.05, 3.63) is 18.2 Å². The molecule has 1 aromatic rings. The summed E-state index contributed by atoms with van der Waals surface area (Å²) in [6, 6.07) is 5.86. The zero-order valence-corrected chi connectivity index (χ0v) is 11.8. The number of hydrogen-bond donors (Lipinski definition) is 2. The number of aliphatic hydroxyl groups excluding tert-OH is 1. The summed E-state index contributed by atoms with van der Waals surface area (Å²) >= 11 is 0. The summed E-state index contributed by atoms with van der Waals surface area (Å²) in [6.07, 6.45) is 1.71. The third kappa shape index (κ3) is 3.32. The molecule has 106 valence electrons. The van der Waals surface area contributed by atoms with Gasteiger partial charge < -0.3 is 20.5 Å². The molecule has 2 atom stereocenters. The Hall–Kier alpha value is -1.42. The number of nitrogens with two attached hydrogens (primary N) is 1. The van der Waals surface area contributed by atoms with Crippen molar-refractivity contribution in [2.45, 2.75) is 32.8 Å². The molecule has 0 bridgehead atoms. The minimum Gasteiger partial charge on any atom is -0.491 e. The maximum absolute atomic E-state index is 9.98. The van der Waals surface area contributed by atoms with Gasteiger partial charge in [0.25, 0.3) is 0 Å². The Bertz CT molecular complexity index is 423. The lowest BCUT2D eigenvalue weighted by molar-refractivity contribution is 0.103. The van der Waals surface area contributed by atoms with Gasteiger partial charge in [0.2, 0.25) is 0 Å². The molecule has 1 heterocycles. The van der Waals surface area contributed by atoms with Crippen LogP contribution in [-0.4, -0.2) is 30.9 Å². The average Bonchev–Trinajstić information content (AvgIpc) is 2.41. The van der Waals surface area contributed by atoms with Crippen LogP contribution < -0.4 is 15.4 Å². The number of aliphatic hydroxyl groups is 1. The van der Waals surface area contributed by atoms with Crippen LogP contribution in [0.15, 0.2) is 18.2 Å². The van der Waals surface area contributed by atoms with E-state index in [9.17, 15) is 5.11 Å². The molecule has 2 rings (SSSR count). The topological polar surface area (TPSA) is 58.7 Å². The number of hydrogen-bond acceptors (Lipinski definition) is 4. The number of benzene rings is 1. The molecule has 0 aliphatic carbocycles. The second kappa shape index (κ2) is 6.15. The second-order valence-electron chi connectivity index (χ2n) is 5.35. The Labute approximate surface area is 115 Å². The van der Waals surface area contributed by atoms with E-state index in [1.165, 1.54) is 0 Å². The molecule has 1 saturated heterocycles. The summed E-state index contributed by atoms with van der Waals surface area (Å²) < 4.78 is 5.65. The predicted molar refractivity (Wildman–Crippen MR) is 78.6 cm³/mol. The van der Waals surface area contributed by atoms with Crippen LogP contribution in [0.25, 0.3) is 0 Å². The zero-order chi connectivity index (χ0) is 13.8. The van der Waals surface area contributed by atoms with Crippen LogP contribution in [0.4, 0.5) is 11.4 Å². The number of ether oxygens (including phenoxy) is 1. The maximum atomic E-state index is 9.98. The van der Waals surface area contributed by atoms with Crippen LogP contribution in [0.1, 0.15) is 26.7 Å². The fourth-order valence-corrected chi connectivity index (χ4v) is 2.34. The fraction of sp³-hybridized carbons (Fsp3) is 0.600. The van der Waals surface area contributed by atoms with Gasteiger partial charge in [-0.3, -0.25) is 0 Å². The first kappa shape index (κ1) is 14.0. The standard InChI is InChI=1S/C15H24N2O2/c1-3-8-19-15-9-12(4-5-13(15)16)17-7-6-11(2)14(18)10-17/h4-5,9,11,14,18H,3,6-8,10,16H2,1-2H3. The summed E-state index contributed by atoms with van der Waals surface area (Å²) in [5.41, 5.74) is 7.66. The monoisotopic (exact) mass is 264 g/mol. The Kier molecular flexibility index (Phi) is 4.53. The molecule has 1 fully saturated rings. The first-order valence-corrected chi connectivity index (χ1v) is 7.07. The number of β-amino-alcohol motifs (C(OH)–C–C–N with tert-alkyl or cyclic N) is 1. The van der Waals surface area contributed by atoms with Crippen LogP contribution in [-0.2, 0) is 0 Å². The van der Waals surface area contributed by atoms with E-state index >= 15 is 0 Å². The lowest BCUT2D eigenvalue weighted by atomic mass is 9.95. The Morgan fingerprint density at radius 1 is 1.47 bits per heavy atom. The van der Waals surface area contributed by atoms with Gasteiger partial charge in [0.1, 0.15) is 5.75 Å². The van der Waals surface area contributed by atoms with E-state index in [-0.39, 0.29) is 6.10 Å². The van der Waals surface area contributed by atoms with Crippen LogP contribution in [0.3, 0.4) is 0 Å². The quantitative estimate of drug-likeness (QED) is 0.819. The summed E-state index contributed by atoms with van der Waals surface area (Å²) in [5.74, 6) is 1.12. The van der Waals surface area contributed by atoms with Crippen LogP contribution in [0.5, 0.6) is 5.75 Å². The molecule has 0 saturated carbocycles. The highest BCUT2D eigenvalue weighted by molar-refractivity contribution is 5.62. The highest BCUT2D eigenvalue weighted by atomic mass is 16.5. The van der Waals surface area contributed by atoms with Gasteiger partial charge >= 0.3 is 0 Å². The number of nitrogen functional groups attached to an aromatic ring is 1. The van der Waals surface area contributed by atoms with Gasteiger partial charge in [-0.05, 0) is 30.9 Å². The van der Waals surface area contributed by atoms with E-state index in [0.29, 0.717) is 24.8 Å². The SMILES string of the molecule is CCCOc1cc(N2CCC(C)C(O)C2)ccc1N. The van der Waals surface area contributed by atoms with E-state index in [1.807, 2.05) is 18.2 Å². The molecule has 0 aromatic heterocycles. The Morgan fingerprint density at radius 2 is 2.26 bits per heavy atom.